The Labute approximate surface area is 153 Å². The van der Waals surface area contributed by atoms with Gasteiger partial charge in [-0.1, -0.05) is 6.92 Å². The number of carbonyl (C=O) groups is 1. The number of likely N-dealkylation sites (tertiary alicyclic amines) is 1. The number of hydrogen-bond acceptors (Lipinski definition) is 3. The molecule has 0 spiro atoms. The molecule has 0 N–H and O–H groups in total. The Morgan fingerprint density at radius 1 is 1.15 bits per heavy atom. The molecule has 1 aliphatic heterocycles. The van der Waals surface area contributed by atoms with Crippen LogP contribution in [-0.2, 0) is 0 Å². The first-order valence-electron chi connectivity index (χ1n) is 9.06. The van der Waals surface area contributed by atoms with E-state index in [2.05, 4.69) is 11.9 Å². The van der Waals surface area contributed by atoms with Gasteiger partial charge in [0.25, 0.3) is 5.91 Å². The van der Waals surface area contributed by atoms with Crippen LogP contribution in [0.15, 0.2) is 48.8 Å². The number of rotatable bonds is 3. The van der Waals surface area contributed by atoms with E-state index in [4.69, 9.17) is 4.74 Å². The Bertz CT molecular complexity index is 922. The molecule has 3 heterocycles. The Hall–Kier alpha value is -2.82. The molecular weight excluding hydrogens is 326 g/mol. The second-order valence-corrected chi connectivity index (χ2v) is 7.00. The Morgan fingerprint density at radius 2 is 1.88 bits per heavy atom. The molecule has 0 unspecified atom stereocenters. The average Bonchev–Trinajstić information content (AvgIpc) is 3.11. The molecule has 0 aliphatic carbocycles. The van der Waals surface area contributed by atoms with Crippen LogP contribution in [0, 0.1) is 5.92 Å². The molecule has 1 amide bonds. The van der Waals surface area contributed by atoms with Crippen molar-refractivity contribution in [2.45, 2.75) is 19.8 Å². The zero-order chi connectivity index (χ0) is 18.1. The van der Waals surface area contributed by atoms with Gasteiger partial charge in [0.1, 0.15) is 11.4 Å². The number of carbonyl (C=O) groups excluding carboxylic acids is 1. The Kier molecular flexibility index (Phi) is 4.37. The van der Waals surface area contributed by atoms with Crippen molar-refractivity contribution >= 4 is 16.9 Å². The summed E-state index contributed by atoms with van der Waals surface area (Å²) in [6, 6.07) is 11.8. The molecule has 3 aromatic rings. The molecule has 1 aromatic carbocycles. The molecule has 0 radical (unpaired) electrons. The predicted molar refractivity (Wildman–Crippen MR) is 102 cm³/mol. The fourth-order valence-electron chi connectivity index (χ4n) is 3.49. The van der Waals surface area contributed by atoms with Gasteiger partial charge in [0.2, 0.25) is 0 Å². The third-order valence-electron chi connectivity index (χ3n) is 5.19. The molecule has 0 bridgehead atoms. The highest BCUT2D eigenvalue weighted by Crippen LogP contribution is 2.23. The van der Waals surface area contributed by atoms with E-state index in [0.717, 1.165) is 48.4 Å². The number of hydrogen-bond donors (Lipinski definition) is 0. The van der Waals surface area contributed by atoms with Crippen LogP contribution in [0.25, 0.3) is 16.7 Å². The third-order valence-corrected chi connectivity index (χ3v) is 5.19. The van der Waals surface area contributed by atoms with Gasteiger partial charge in [-0.3, -0.25) is 4.79 Å². The van der Waals surface area contributed by atoms with E-state index in [-0.39, 0.29) is 5.91 Å². The van der Waals surface area contributed by atoms with Crippen molar-refractivity contribution < 1.29 is 9.53 Å². The van der Waals surface area contributed by atoms with Crippen LogP contribution < -0.4 is 4.74 Å². The molecular formula is C21H23N3O2. The Balaban J connectivity index is 1.61. The number of pyridine rings is 1. The van der Waals surface area contributed by atoms with Gasteiger partial charge in [-0.25, -0.2) is 4.98 Å². The summed E-state index contributed by atoms with van der Waals surface area (Å²) in [5, 5.41) is 0.969. The lowest BCUT2D eigenvalue weighted by Crippen LogP contribution is -2.37. The first-order chi connectivity index (χ1) is 12.7. The molecule has 2 aromatic heterocycles. The molecule has 26 heavy (non-hydrogen) atoms. The number of benzene rings is 1. The van der Waals surface area contributed by atoms with Crippen LogP contribution in [0.3, 0.4) is 0 Å². The monoisotopic (exact) mass is 349 g/mol. The second kappa shape index (κ2) is 6.83. The number of piperidine rings is 1. The fourth-order valence-corrected chi connectivity index (χ4v) is 3.49. The average molecular weight is 349 g/mol. The van der Waals surface area contributed by atoms with Gasteiger partial charge in [0.15, 0.2) is 0 Å². The first-order valence-corrected chi connectivity index (χ1v) is 9.06. The van der Waals surface area contributed by atoms with Crippen molar-refractivity contribution in [1.29, 1.82) is 0 Å². The minimum atomic E-state index is 0.0866. The van der Waals surface area contributed by atoms with E-state index >= 15 is 0 Å². The van der Waals surface area contributed by atoms with Crippen molar-refractivity contribution in [2.75, 3.05) is 20.2 Å². The largest absolute Gasteiger partial charge is 0.497 e. The van der Waals surface area contributed by atoms with E-state index < -0.39 is 0 Å². The highest BCUT2D eigenvalue weighted by atomic mass is 16.5. The molecule has 0 atom stereocenters. The molecule has 4 rings (SSSR count). The van der Waals surface area contributed by atoms with Crippen LogP contribution in [0.2, 0.25) is 0 Å². The summed E-state index contributed by atoms with van der Waals surface area (Å²) < 4.78 is 7.23. The van der Waals surface area contributed by atoms with E-state index in [1.807, 2.05) is 52.1 Å². The number of fused-ring (bicyclic) bond motifs is 1. The summed E-state index contributed by atoms with van der Waals surface area (Å²) in [6.07, 6.45) is 5.84. The van der Waals surface area contributed by atoms with Crippen molar-refractivity contribution in [3.8, 4) is 11.4 Å². The van der Waals surface area contributed by atoms with Gasteiger partial charge in [0.05, 0.1) is 12.7 Å². The van der Waals surface area contributed by atoms with Crippen molar-refractivity contribution in [1.82, 2.24) is 14.5 Å². The lowest BCUT2D eigenvalue weighted by atomic mass is 9.99. The topological polar surface area (TPSA) is 47.4 Å². The van der Waals surface area contributed by atoms with E-state index in [1.54, 1.807) is 13.3 Å². The first kappa shape index (κ1) is 16.6. The maximum atomic E-state index is 12.8. The van der Waals surface area contributed by atoms with Gasteiger partial charge < -0.3 is 14.2 Å². The Morgan fingerprint density at radius 3 is 2.58 bits per heavy atom. The number of aromatic nitrogens is 2. The molecule has 0 saturated carbocycles. The van der Waals surface area contributed by atoms with Crippen LogP contribution in [0.1, 0.15) is 30.1 Å². The zero-order valence-corrected chi connectivity index (χ0v) is 15.2. The van der Waals surface area contributed by atoms with Gasteiger partial charge in [-0.15, -0.1) is 0 Å². The minimum Gasteiger partial charge on any atom is -0.497 e. The summed E-state index contributed by atoms with van der Waals surface area (Å²) in [7, 11) is 1.66. The van der Waals surface area contributed by atoms with Crippen LogP contribution >= 0.6 is 0 Å². The smallest absolute Gasteiger partial charge is 0.255 e. The minimum absolute atomic E-state index is 0.0866. The van der Waals surface area contributed by atoms with Gasteiger partial charge in [0, 0.05) is 36.6 Å². The number of nitrogens with zero attached hydrogens (tertiary/aromatic N) is 3. The normalized spacial score (nSPS) is 15.4. The second-order valence-electron chi connectivity index (χ2n) is 7.00. The molecule has 5 heteroatoms. The van der Waals surface area contributed by atoms with Crippen LogP contribution in [0.4, 0.5) is 0 Å². The molecule has 1 aliphatic rings. The summed E-state index contributed by atoms with van der Waals surface area (Å²) in [5.74, 6) is 1.61. The van der Waals surface area contributed by atoms with Gasteiger partial charge >= 0.3 is 0 Å². The number of ether oxygens (including phenoxy) is 1. The maximum absolute atomic E-state index is 12.8. The summed E-state index contributed by atoms with van der Waals surface area (Å²) in [5.41, 5.74) is 2.52. The predicted octanol–water partition coefficient (Wildman–Crippen LogP) is 3.91. The standard InChI is InChI=1S/C21H23N3O2/c1-15-7-10-23(11-8-15)21(25)17-13-16-9-12-24(20(16)22-14-17)18-3-5-19(26-2)6-4-18/h3-6,9,12-15H,7-8,10-11H2,1-2H3. The van der Waals surface area contributed by atoms with Crippen molar-refractivity contribution in [2.24, 2.45) is 5.92 Å². The van der Waals surface area contributed by atoms with Crippen molar-refractivity contribution in [3.63, 3.8) is 0 Å². The SMILES string of the molecule is COc1ccc(-n2ccc3cc(C(=O)N4CCC(C)CC4)cnc32)cc1. The van der Waals surface area contributed by atoms with Crippen LogP contribution in [0.5, 0.6) is 5.75 Å². The highest BCUT2D eigenvalue weighted by Gasteiger charge is 2.22. The lowest BCUT2D eigenvalue weighted by Gasteiger charge is -2.30. The summed E-state index contributed by atoms with van der Waals surface area (Å²) >= 11 is 0. The fraction of sp³-hybridized carbons (Fsp3) is 0.333. The lowest BCUT2D eigenvalue weighted by molar-refractivity contribution is 0.0697. The number of amides is 1. The van der Waals surface area contributed by atoms with Gasteiger partial charge in [-0.2, -0.15) is 0 Å². The summed E-state index contributed by atoms with van der Waals surface area (Å²) in [4.78, 5) is 19.3. The van der Waals surface area contributed by atoms with E-state index in [1.165, 1.54) is 0 Å². The van der Waals surface area contributed by atoms with Gasteiger partial charge in [-0.05, 0) is 55.2 Å². The van der Waals surface area contributed by atoms with E-state index in [0.29, 0.717) is 11.5 Å². The quantitative estimate of drug-likeness (QED) is 0.720. The highest BCUT2D eigenvalue weighted by molar-refractivity contribution is 5.97. The molecule has 5 nitrogen and oxygen atoms in total. The molecule has 1 saturated heterocycles. The summed E-state index contributed by atoms with van der Waals surface area (Å²) in [6.45, 7) is 3.92. The maximum Gasteiger partial charge on any atom is 0.255 e. The van der Waals surface area contributed by atoms with Crippen LogP contribution in [-0.4, -0.2) is 40.6 Å². The third kappa shape index (κ3) is 3.05. The van der Waals surface area contributed by atoms with Crippen molar-refractivity contribution in [3.05, 3.63) is 54.4 Å². The number of methoxy groups -OCH3 is 1. The molecule has 1 fully saturated rings. The van der Waals surface area contributed by atoms with E-state index in [9.17, 15) is 4.79 Å². The molecule has 134 valence electrons. The zero-order valence-electron chi connectivity index (χ0n) is 15.2.